The highest BCUT2D eigenvalue weighted by atomic mass is 35.5. The molecule has 1 aliphatic heterocycles. The minimum absolute atomic E-state index is 0.0602. The van der Waals surface area contributed by atoms with Gasteiger partial charge in [-0.1, -0.05) is 36.2 Å². The SMILES string of the molecule is CCCNC(=O)c1cc2n(n1)[C@@H](C(F)(F)F)C[C@@H](c1ccc(Cl)c(Cl)c1)N2. The molecule has 2 N–H and O–H groups in total. The molecule has 0 aliphatic carbocycles. The Morgan fingerprint density at radius 3 is 2.70 bits per heavy atom. The lowest BCUT2D eigenvalue weighted by atomic mass is 9.97. The minimum Gasteiger partial charge on any atom is -0.363 e. The van der Waals surface area contributed by atoms with Gasteiger partial charge in [-0.2, -0.15) is 18.3 Å². The second kappa shape index (κ2) is 7.59. The Kier molecular flexibility index (Phi) is 5.58. The van der Waals surface area contributed by atoms with E-state index in [4.69, 9.17) is 23.2 Å². The molecule has 1 aromatic heterocycles. The Labute approximate surface area is 163 Å². The topological polar surface area (TPSA) is 59.0 Å². The highest BCUT2D eigenvalue weighted by Crippen LogP contribution is 2.44. The molecule has 1 aromatic carbocycles. The number of hydrogen-bond donors (Lipinski definition) is 2. The van der Waals surface area contributed by atoms with E-state index in [1.807, 2.05) is 6.92 Å². The first-order valence-corrected chi connectivity index (χ1v) is 9.12. The molecule has 0 fully saturated rings. The number of rotatable bonds is 4. The van der Waals surface area contributed by atoms with Crippen molar-refractivity contribution in [1.29, 1.82) is 0 Å². The maximum atomic E-state index is 13.6. The van der Waals surface area contributed by atoms with Crippen LogP contribution in [0.5, 0.6) is 0 Å². The number of alkyl halides is 3. The second-order valence-corrected chi connectivity index (χ2v) is 7.09. The van der Waals surface area contributed by atoms with E-state index in [0.29, 0.717) is 23.6 Å². The average Bonchev–Trinajstić information content (AvgIpc) is 3.04. The van der Waals surface area contributed by atoms with Crippen molar-refractivity contribution < 1.29 is 18.0 Å². The predicted molar refractivity (Wildman–Crippen MR) is 97.4 cm³/mol. The molecular formula is C17H17Cl2F3N4O. The Balaban J connectivity index is 1.95. The highest BCUT2D eigenvalue weighted by molar-refractivity contribution is 6.42. The van der Waals surface area contributed by atoms with Gasteiger partial charge in [-0.05, 0) is 24.1 Å². The number of fused-ring (bicyclic) bond motifs is 1. The number of carbonyl (C=O) groups excluding carboxylic acids is 1. The van der Waals surface area contributed by atoms with Crippen molar-refractivity contribution in [2.75, 3.05) is 11.9 Å². The Morgan fingerprint density at radius 1 is 1.33 bits per heavy atom. The number of carbonyl (C=O) groups is 1. The van der Waals surface area contributed by atoms with Crippen molar-refractivity contribution in [2.24, 2.45) is 0 Å². The Morgan fingerprint density at radius 2 is 2.07 bits per heavy atom. The average molecular weight is 421 g/mol. The lowest BCUT2D eigenvalue weighted by Crippen LogP contribution is -2.35. The van der Waals surface area contributed by atoms with Crippen LogP contribution in [0.4, 0.5) is 19.0 Å². The van der Waals surface area contributed by atoms with Gasteiger partial charge < -0.3 is 10.6 Å². The zero-order chi connectivity index (χ0) is 19.8. The van der Waals surface area contributed by atoms with Crippen LogP contribution < -0.4 is 10.6 Å². The summed E-state index contributed by atoms with van der Waals surface area (Å²) in [5.41, 5.74) is 0.512. The standard InChI is InChI=1S/C17H17Cl2F3N4O/c1-2-5-23-16(27)13-8-15-24-12(9-3-4-10(18)11(19)6-9)7-14(17(20,21)22)26(15)25-13/h3-4,6,8,12,14,24H,2,5,7H2,1H3,(H,23,27)/t12-,14+/m0/s1. The molecule has 5 nitrogen and oxygen atoms in total. The molecule has 2 aromatic rings. The van der Waals surface area contributed by atoms with Gasteiger partial charge in [0.15, 0.2) is 11.7 Å². The summed E-state index contributed by atoms with van der Waals surface area (Å²) in [5.74, 6) is -0.381. The number of halogens is 5. The summed E-state index contributed by atoms with van der Waals surface area (Å²) in [4.78, 5) is 12.1. The van der Waals surface area contributed by atoms with Crippen molar-refractivity contribution in [3.8, 4) is 0 Å². The molecule has 0 unspecified atom stereocenters. The molecule has 10 heteroatoms. The fraction of sp³-hybridized carbons (Fsp3) is 0.412. The quantitative estimate of drug-likeness (QED) is 0.732. The third kappa shape index (κ3) is 4.16. The summed E-state index contributed by atoms with van der Waals surface area (Å²) >= 11 is 11.9. The van der Waals surface area contributed by atoms with Gasteiger partial charge in [0.05, 0.1) is 16.1 Å². The molecule has 27 heavy (non-hydrogen) atoms. The molecule has 1 amide bonds. The molecule has 0 saturated carbocycles. The van der Waals surface area contributed by atoms with Crippen molar-refractivity contribution in [1.82, 2.24) is 15.1 Å². The van der Waals surface area contributed by atoms with Gasteiger partial charge >= 0.3 is 6.18 Å². The first kappa shape index (κ1) is 19.8. The van der Waals surface area contributed by atoms with Crippen molar-refractivity contribution in [2.45, 2.75) is 38.0 Å². The van der Waals surface area contributed by atoms with Crippen LogP contribution in [0.3, 0.4) is 0 Å². The summed E-state index contributed by atoms with van der Waals surface area (Å²) in [7, 11) is 0. The Hall–Kier alpha value is -1.93. The van der Waals surface area contributed by atoms with Gasteiger partial charge in [-0.25, -0.2) is 4.68 Å². The summed E-state index contributed by atoms with van der Waals surface area (Å²) in [6, 6.07) is 3.52. The lowest BCUT2D eigenvalue weighted by Gasteiger charge is -2.33. The molecule has 0 radical (unpaired) electrons. The van der Waals surface area contributed by atoms with E-state index in [-0.39, 0.29) is 23.0 Å². The van der Waals surface area contributed by atoms with Gasteiger partial charge in [-0.3, -0.25) is 4.79 Å². The fourth-order valence-electron chi connectivity index (χ4n) is 2.96. The molecule has 0 spiro atoms. The van der Waals surface area contributed by atoms with E-state index < -0.39 is 24.2 Å². The number of anilines is 1. The zero-order valence-electron chi connectivity index (χ0n) is 14.3. The predicted octanol–water partition coefficient (Wildman–Crippen LogP) is 4.99. The van der Waals surface area contributed by atoms with E-state index in [2.05, 4.69) is 15.7 Å². The molecule has 0 saturated heterocycles. The van der Waals surface area contributed by atoms with Gasteiger partial charge in [0.1, 0.15) is 5.82 Å². The van der Waals surface area contributed by atoms with Crippen molar-refractivity contribution in [3.05, 3.63) is 45.6 Å². The summed E-state index contributed by atoms with van der Waals surface area (Å²) in [6.45, 7) is 2.30. The lowest BCUT2D eigenvalue weighted by molar-refractivity contribution is -0.173. The van der Waals surface area contributed by atoms with Gasteiger partial charge in [-0.15, -0.1) is 0 Å². The van der Waals surface area contributed by atoms with Crippen LogP contribution in [0.2, 0.25) is 10.0 Å². The number of benzene rings is 1. The fourth-order valence-corrected chi connectivity index (χ4v) is 3.27. The van der Waals surface area contributed by atoms with E-state index in [1.54, 1.807) is 12.1 Å². The number of amides is 1. The first-order chi connectivity index (χ1) is 12.7. The van der Waals surface area contributed by atoms with Gasteiger partial charge in [0, 0.05) is 19.0 Å². The summed E-state index contributed by atoms with van der Waals surface area (Å²) < 4.78 is 41.7. The van der Waals surface area contributed by atoms with E-state index in [9.17, 15) is 18.0 Å². The number of nitrogens with zero attached hydrogens (tertiary/aromatic N) is 2. The molecule has 0 bridgehead atoms. The molecule has 2 atom stereocenters. The maximum Gasteiger partial charge on any atom is 0.410 e. The monoisotopic (exact) mass is 420 g/mol. The number of aromatic nitrogens is 2. The minimum atomic E-state index is -4.52. The molecular weight excluding hydrogens is 404 g/mol. The van der Waals surface area contributed by atoms with Crippen LogP contribution in [0.15, 0.2) is 24.3 Å². The van der Waals surface area contributed by atoms with Crippen LogP contribution in [-0.4, -0.2) is 28.4 Å². The number of nitrogens with one attached hydrogen (secondary N) is 2. The van der Waals surface area contributed by atoms with E-state index >= 15 is 0 Å². The van der Waals surface area contributed by atoms with Crippen LogP contribution in [0.1, 0.15) is 47.9 Å². The molecule has 3 rings (SSSR count). The second-order valence-electron chi connectivity index (χ2n) is 6.28. The van der Waals surface area contributed by atoms with Crippen LogP contribution in [-0.2, 0) is 0 Å². The van der Waals surface area contributed by atoms with Gasteiger partial charge in [0.2, 0.25) is 0 Å². The first-order valence-electron chi connectivity index (χ1n) is 8.36. The molecule has 2 heterocycles. The van der Waals surface area contributed by atoms with Gasteiger partial charge in [0.25, 0.3) is 5.91 Å². The third-order valence-electron chi connectivity index (χ3n) is 4.30. The van der Waals surface area contributed by atoms with E-state index in [0.717, 1.165) is 4.68 Å². The zero-order valence-corrected chi connectivity index (χ0v) is 15.8. The Bertz CT molecular complexity index is 853. The van der Waals surface area contributed by atoms with Crippen LogP contribution in [0.25, 0.3) is 0 Å². The summed E-state index contributed by atoms with van der Waals surface area (Å²) in [5, 5.41) is 10.1. The molecule has 1 aliphatic rings. The normalized spacial score (nSPS) is 19.3. The van der Waals surface area contributed by atoms with Crippen molar-refractivity contribution >= 4 is 34.9 Å². The highest BCUT2D eigenvalue weighted by Gasteiger charge is 2.46. The van der Waals surface area contributed by atoms with Crippen molar-refractivity contribution in [3.63, 3.8) is 0 Å². The smallest absolute Gasteiger partial charge is 0.363 e. The van der Waals surface area contributed by atoms with Crippen LogP contribution in [0, 0.1) is 0 Å². The molecule has 146 valence electrons. The number of hydrogen-bond acceptors (Lipinski definition) is 3. The maximum absolute atomic E-state index is 13.6. The van der Waals surface area contributed by atoms with Crippen LogP contribution >= 0.6 is 23.2 Å². The summed E-state index contributed by atoms with van der Waals surface area (Å²) in [6.07, 6.45) is -4.09. The third-order valence-corrected chi connectivity index (χ3v) is 5.04. The van der Waals surface area contributed by atoms with E-state index in [1.165, 1.54) is 12.1 Å². The largest absolute Gasteiger partial charge is 0.410 e.